The van der Waals surface area contributed by atoms with Gasteiger partial charge in [-0.3, -0.25) is 4.57 Å². The van der Waals surface area contributed by atoms with Gasteiger partial charge in [-0.2, -0.15) is 0 Å². The molecule has 0 aliphatic heterocycles. The molecule has 1 aromatic carbocycles. The third-order valence-electron chi connectivity index (χ3n) is 3.30. The van der Waals surface area contributed by atoms with E-state index < -0.39 is 0 Å². The summed E-state index contributed by atoms with van der Waals surface area (Å²) in [6.45, 7) is 0.655. The smallest absolute Gasteiger partial charge is 0.207 e. The van der Waals surface area contributed by atoms with Crippen molar-refractivity contribution in [2.24, 2.45) is 0 Å². The third kappa shape index (κ3) is 2.64. The van der Waals surface area contributed by atoms with Crippen LogP contribution in [0.25, 0.3) is 16.9 Å². The molecule has 21 heavy (non-hydrogen) atoms. The van der Waals surface area contributed by atoms with Crippen LogP contribution in [-0.2, 0) is 11.2 Å². The molecule has 0 saturated heterocycles. The first kappa shape index (κ1) is 14.0. The van der Waals surface area contributed by atoms with Crippen molar-refractivity contribution in [1.82, 2.24) is 14.5 Å². The average molecular weight is 347 g/mol. The van der Waals surface area contributed by atoms with Gasteiger partial charge in [-0.1, -0.05) is 18.2 Å². The number of anilines is 1. The molecule has 2 heterocycles. The van der Waals surface area contributed by atoms with Crippen LogP contribution in [0.2, 0.25) is 0 Å². The highest BCUT2D eigenvalue weighted by molar-refractivity contribution is 9.10. The van der Waals surface area contributed by atoms with Crippen LogP contribution < -0.4 is 5.73 Å². The van der Waals surface area contributed by atoms with Crippen molar-refractivity contribution < 1.29 is 4.74 Å². The van der Waals surface area contributed by atoms with E-state index in [9.17, 15) is 0 Å². The molecule has 3 rings (SSSR count). The molecule has 3 aromatic rings. The van der Waals surface area contributed by atoms with Crippen molar-refractivity contribution in [3.8, 4) is 5.69 Å². The zero-order valence-electron chi connectivity index (χ0n) is 11.6. The zero-order chi connectivity index (χ0) is 14.8. The van der Waals surface area contributed by atoms with Gasteiger partial charge in [0.05, 0.1) is 12.3 Å². The maximum atomic E-state index is 6.10. The number of fused-ring (bicyclic) bond motifs is 1. The Morgan fingerprint density at radius 2 is 2.14 bits per heavy atom. The fraction of sp³-hybridized carbons (Fsp3) is 0.200. The summed E-state index contributed by atoms with van der Waals surface area (Å²) in [6.07, 6.45) is 2.56. The Balaban J connectivity index is 2.18. The number of methoxy groups -OCH3 is 1. The number of pyridine rings is 1. The van der Waals surface area contributed by atoms with E-state index in [-0.39, 0.29) is 0 Å². The summed E-state index contributed by atoms with van der Waals surface area (Å²) in [5.74, 6) is 0.431. The van der Waals surface area contributed by atoms with E-state index in [4.69, 9.17) is 10.5 Å². The van der Waals surface area contributed by atoms with Crippen molar-refractivity contribution >= 4 is 33.0 Å². The van der Waals surface area contributed by atoms with E-state index in [1.807, 2.05) is 28.8 Å². The van der Waals surface area contributed by atoms with E-state index >= 15 is 0 Å². The van der Waals surface area contributed by atoms with Crippen LogP contribution in [0, 0.1) is 0 Å². The minimum Gasteiger partial charge on any atom is -0.384 e. The molecular formula is C15H15BrN4O. The highest BCUT2D eigenvalue weighted by Crippen LogP contribution is 2.25. The van der Waals surface area contributed by atoms with Crippen LogP contribution in [0.4, 0.5) is 5.95 Å². The van der Waals surface area contributed by atoms with Crippen LogP contribution in [0.3, 0.4) is 0 Å². The molecule has 0 spiro atoms. The molecule has 108 valence electrons. The molecular weight excluding hydrogens is 332 g/mol. The van der Waals surface area contributed by atoms with Gasteiger partial charge < -0.3 is 10.5 Å². The molecule has 2 N–H and O–H groups in total. The highest BCUT2D eigenvalue weighted by atomic mass is 79.9. The van der Waals surface area contributed by atoms with Crippen LogP contribution in [-0.4, -0.2) is 28.3 Å². The van der Waals surface area contributed by atoms with Gasteiger partial charge in [0.25, 0.3) is 0 Å². The van der Waals surface area contributed by atoms with Crippen molar-refractivity contribution in [1.29, 1.82) is 0 Å². The van der Waals surface area contributed by atoms with E-state index in [2.05, 4.69) is 32.0 Å². The summed E-state index contributed by atoms with van der Waals surface area (Å²) in [5, 5.41) is 0. The lowest BCUT2D eigenvalue weighted by Crippen LogP contribution is -2.06. The molecule has 0 bridgehead atoms. The molecule has 0 saturated carbocycles. The summed E-state index contributed by atoms with van der Waals surface area (Å²) in [5.41, 5.74) is 9.75. The Morgan fingerprint density at radius 1 is 1.33 bits per heavy atom. The number of nitrogens with two attached hydrogens (primary N) is 1. The Hall–Kier alpha value is -1.92. The predicted molar refractivity (Wildman–Crippen MR) is 86.6 cm³/mol. The van der Waals surface area contributed by atoms with Crippen molar-refractivity contribution in [2.45, 2.75) is 6.42 Å². The van der Waals surface area contributed by atoms with E-state index in [1.54, 1.807) is 13.3 Å². The Kier molecular flexibility index (Phi) is 3.90. The number of imidazole rings is 1. The number of aromatic nitrogens is 3. The Morgan fingerprint density at radius 3 is 2.95 bits per heavy atom. The molecule has 0 aliphatic carbocycles. The number of halogens is 1. The van der Waals surface area contributed by atoms with Gasteiger partial charge in [0.15, 0.2) is 5.65 Å². The van der Waals surface area contributed by atoms with Gasteiger partial charge in [-0.05, 0) is 40.0 Å². The lowest BCUT2D eigenvalue weighted by molar-refractivity contribution is 0.202. The molecule has 0 radical (unpaired) electrons. The second-order valence-electron chi connectivity index (χ2n) is 4.67. The normalized spacial score (nSPS) is 11.1. The van der Waals surface area contributed by atoms with Crippen LogP contribution in [0.1, 0.15) is 5.56 Å². The molecule has 0 amide bonds. The first-order valence-electron chi connectivity index (χ1n) is 6.57. The fourth-order valence-electron chi connectivity index (χ4n) is 2.35. The SMILES string of the molecule is COCCc1ccccc1-n1c(N)nc2cc(Br)cnc21. The number of benzene rings is 1. The van der Waals surface area contributed by atoms with Gasteiger partial charge in [0, 0.05) is 17.8 Å². The summed E-state index contributed by atoms with van der Waals surface area (Å²) >= 11 is 3.40. The summed E-state index contributed by atoms with van der Waals surface area (Å²) < 4.78 is 7.94. The molecule has 0 atom stereocenters. The van der Waals surface area contributed by atoms with Crippen molar-refractivity contribution in [2.75, 3.05) is 19.5 Å². The number of nitrogen functional groups attached to an aromatic ring is 1. The minimum absolute atomic E-state index is 0.431. The van der Waals surface area contributed by atoms with Gasteiger partial charge in [0.2, 0.25) is 5.95 Å². The number of hydrogen-bond donors (Lipinski definition) is 1. The highest BCUT2D eigenvalue weighted by Gasteiger charge is 2.14. The molecule has 0 unspecified atom stereocenters. The number of para-hydroxylation sites is 1. The van der Waals surface area contributed by atoms with Gasteiger partial charge >= 0.3 is 0 Å². The molecule has 6 heteroatoms. The maximum absolute atomic E-state index is 6.10. The second kappa shape index (κ2) is 5.83. The maximum Gasteiger partial charge on any atom is 0.207 e. The summed E-state index contributed by atoms with van der Waals surface area (Å²) in [7, 11) is 1.70. The molecule has 2 aromatic heterocycles. The minimum atomic E-state index is 0.431. The van der Waals surface area contributed by atoms with Crippen molar-refractivity contribution in [3.05, 3.63) is 46.6 Å². The standard InChI is InChI=1S/C15H15BrN4O/c1-21-7-6-10-4-2-3-5-13(10)20-14-12(19-15(20)17)8-11(16)9-18-14/h2-5,8-9H,6-7H2,1H3,(H2,17,19). The lowest BCUT2D eigenvalue weighted by atomic mass is 10.1. The second-order valence-corrected chi connectivity index (χ2v) is 5.59. The molecule has 0 aliphatic rings. The van der Waals surface area contributed by atoms with Crippen molar-refractivity contribution in [3.63, 3.8) is 0 Å². The van der Waals surface area contributed by atoms with E-state index in [0.29, 0.717) is 12.6 Å². The number of hydrogen-bond acceptors (Lipinski definition) is 4. The zero-order valence-corrected chi connectivity index (χ0v) is 13.2. The van der Waals surface area contributed by atoms with Gasteiger partial charge in [-0.25, -0.2) is 9.97 Å². The molecule has 5 nitrogen and oxygen atoms in total. The topological polar surface area (TPSA) is 66.0 Å². The number of rotatable bonds is 4. The Labute approximate surface area is 130 Å². The quantitative estimate of drug-likeness (QED) is 0.788. The number of ether oxygens (including phenoxy) is 1. The van der Waals surface area contributed by atoms with E-state index in [0.717, 1.165) is 33.3 Å². The van der Waals surface area contributed by atoms with Gasteiger partial charge in [0.1, 0.15) is 5.52 Å². The summed E-state index contributed by atoms with van der Waals surface area (Å²) in [6, 6.07) is 9.99. The van der Waals surface area contributed by atoms with Crippen LogP contribution in [0.5, 0.6) is 0 Å². The Bertz CT molecular complexity index is 784. The molecule has 0 fully saturated rings. The van der Waals surface area contributed by atoms with Crippen LogP contribution >= 0.6 is 15.9 Å². The number of nitrogens with zero attached hydrogens (tertiary/aromatic N) is 3. The van der Waals surface area contributed by atoms with Gasteiger partial charge in [-0.15, -0.1) is 0 Å². The van der Waals surface area contributed by atoms with Crippen LogP contribution in [0.15, 0.2) is 41.0 Å². The predicted octanol–water partition coefficient (Wildman–Crippen LogP) is 2.95. The lowest BCUT2D eigenvalue weighted by Gasteiger charge is -2.11. The first-order chi connectivity index (χ1) is 10.2. The summed E-state index contributed by atoms with van der Waals surface area (Å²) in [4.78, 5) is 8.83. The third-order valence-corrected chi connectivity index (χ3v) is 3.73. The monoisotopic (exact) mass is 346 g/mol. The largest absolute Gasteiger partial charge is 0.384 e. The van der Waals surface area contributed by atoms with E-state index in [1.165, 1.54) is 0 Å². The fourth-order valence-corrected chi connectivity index (χ4v) is 2.67. The average Bonchev–Trinajstić information content (AvgIpc) is 2.80. The first-order valence-corrected chi connectivity index (χ1v) is 7.36.